The number of esters is 1. The van der Waals surface area contributed by atoms with Crippen molar-refractivity contribution in [2.75, 3.05) is 33.5 Å². The van der Waals surface area contributed by atoms with E-state index in [9.17, 15) is 86.6 Å². The Balaban J connectivity index is 0.921. The number of ketones is 1. The maximum atomic E-state index is 14.5. The van der Waals surface area contributed by atoms with Crippen molar-refractivity contribution in [1.29, 1.82) is 0 Å². The van der Waals surface area contributed by atoms with Gasteiger partial charge in [-0.05, 0) is 94.8 Å². The fourth-order valence-electron chi connectivity index (χ4n) is 17.4. The van der Waals surface area contributed by atoms with Crippen LogP contribution in [0.25, 0.3) is 0 Å². The van der Waals surface area contributed by atoms with Crippen LogP contribution in [0.4, 0.5) is 0 Å². The molecule has 6 aliphatic heterocycles. The predicted octanol–water partition coefficient (Wildman–Crippen LogP) is -2.78. The SMILES string of the molecule is C=C(C)CCC[C@]1(C)OC(=O)[C@]23CC[C@@H]4C(=CC[C@H]5C(C)(C)[C@@H](O[C@@H]6OC[C@@H](OS(=O)(=O)[O-])[C@H](O)[C@H]6O[C@@H]6O[C@H](C)[C@@H](O[C@@H]7O[C@H](COS(=O)(=O)[O-])[C@@H](O)[C@H](O[C@@H]8O[C@H](CO)[C@@H](O)[C@H](OC)[C@H]8O)[C@H]7O)[C@H](O)[C@H]6O[C@@H]6OC[C@@H](O)[C@H](O)[C@H]6O)CC[C@]45C)[C@]2(C)CC(=O)[C@@H]31. The zero-order chi connectivity index (χ0) is 68.2. The largest absolute Gasteiger partial charge is 0.726 e. The van der Waals surface area contributed by atoms with E-state index in [2.05, 4.69) is 23.8 Å². The quantitative estimate of drug-likeness (QED) is 0.0241. The Labute approximate surface area is 538 Å². The third kappa shape index (κ3) is 13.5. The fraction of sp³-hybridized carbons (Fsp3) is 0.898. The standard InChI is InChI=1S/C59H92O32S2/c1-24(2)11-10-16-58(8)48-28(61)19-57(7)27-12-13-33-55(4,5)34(15-17-56(33,6)26(27)14-18-59(48,57)54(71)90-58)85-52-46(38(66)32(22-80-52)91-93(75,76)77)89-53-47(88-49-39(67)35(63)29(62)21-79-49)40(68)43(25(3)82-53)86-51-42(70)45(37(65)31(84-51)23-81-92(72,73)74)87-50-41(69)44(78-9)36(64)30(20-60)83-50/h12,25-26,29-53,60,62-70H,1,10-11,13-23H2,2-9H3,(H,72,73,74)(H,75,76,77)/p-2/t25-,26-,29-,30-,31-,32-,33+,34+,35+,36-,37-,38+,39-,40+,41-,42-,43-,44+,45+,46-,47-,48-,49+,50+,51+,52+,53+,56-,57+,58+,59-/m1/s1. The van der Waals surface area contributed by atoms with Gasteiger partial charge in [-0.3, -0.25) is 18.0 Å². The summed E-state index contributed by atoms with van der Waals surface area (Å²) >= 11 is 0. The van der Waals surface area contributed by atoms with Crippen LogP contribution >= 0.6 is 0 Å². The van der Waals surface area contributed by atoms with Crippen LogP contribution in [0.2, 0.25) is 0 Å². The Kier molecular flexibility index (Phi) is 21.4. The van der Waals surface area contributed by atoms with Gasteiger partial charge in [0.15, 0.2) is 31.5 Å². The van der Waals surface area contributed by atoms with E-state index in [1.165, 1.54) is 6.92 Å². The van der Waals surface area contributed by atoms with E-state index in [-0.39, 0.29) is 30.0 Å². The van der Waals surface area contributed by atoms with E-state index in [0.29, 0.717) is 44.9 Å². The van der Waals surface area contributed by atoms with Crippen molar-refractivity contribution in [3.8, 4) is 0 Å². The molecule has 31 atom stereocenters. The lowest BCUT2D eigenvalue weighted by molar-refractivity contribution is -0.403. The lowest BCUT2D eigenvalue weighted by Gasteiger charge is -2.63. The second-order valence-corrected chi connectivity index (χ2v) is 30.2. The molecule has 0 radical (unpaired) electrons. The number of hydrogen-bond acceptors (Lipinski definition) is 32. The van der Waals surface area contributed by atoms with Crippen LogP contribution in [0.15, 0.2) is 23.8 Å². The van der Waals surface area contributed by atoms with E-state index in [4.69, 9.17) is 61.0 Å². The van der Waals surface area contributed by atoms with Gasteiger partial charge in [0.05, 0.1) is 50.0 Å². The number of Topliss-reactive ketones (excluding diaryl/α,β-unsaturated/α-hetero) is 1. The molecule has 0 aromatic carbocycles. The highest BCUT2D eigenvalue weighted by Gasteiger charge is 2.79. The summed E-state index contributed by atoms with van der Waals surface area (Å²) in [6, 6.07) is 0. The van der Waals surface area contributed by atoms with Crippen molar-refractivity contribution in [3.05, 3.63) is 23.8 Å². The first-order valence-corrected chi connectivity index (χ1v) is 34.1. The van der Waals surface area contributed by atoms with Gasteiger partial charge in [-0.1, -0.05) is 44.9 Å². The summed E-state index contributed by atoms with van der Waals surface area (Å²) in [4.78, 5) is 28.9. The first kappa shape index (κ1) is 73.2. The normalized spacial score (nSPS) is 49.2. The monoisotopic (exact) mass is 1370 g/mol. The van der Waals surface area contributed by atoms with Crippen LogP contribution in [0.1, 0.15) is 106 Å². The molecule has 10 aliphatic rings. The highest BCUT2D eigenvalue weighted by Crippen LogP contribution is 2.75. The summed E-state index contributed by atoms with van der Waals surface area (Å²) in [6.07, 6.45) is -38.1. The molecular formula is C59H90O32S2-2. The first-order chi connectivity index (χ1) is 43.4. The molecule has 10 rings (SSSR count). The third-order valence-corrected chi connectivity index (χ3v) is 22.9. The lowest BCUT2D eigenvalue weighted by Crippen LogP contribution is -2.68. The van der Waals surface area contributed by atoms with E-state index in [0.717, 1.165) is 24.7 Å². The first-order valence-electron chi connectivity index (χ1n) is 31.4. The maximum Gasteiger partial charge on any atom is 0.314 e. The number of aliphatic hydroxyl groups excluding tert-OH is 10. The van der Waals surface area contributed by atoms with Crippen molar-refractivity contribution in [1.82, 2.24) is 0 Å². The Bertz CT molecular complexity index is 2970. The number of carbonyl (C=O) groups is 2. The Morgan fingerprint density at radius 3 is 1.95 bits per heavy atom. The average molecular weight is 1380 g/mol. The summed E-state index contributed by atoms with van der Waals surface area (Å²) in [6.45, 7) is 13.9. The van der Waals surface area contributed by atoms with Crippen molar-refractivity contribution < 1.29 is 152 Å². The van der Waals surface area contributed by atoms with Crippen LogP contribution in [-0.2, 0) is 95.6 Å². The van der Waals surface area contributed by atoms with Gasteiger partial charge in [-0.25, -0.2) is 16.8 Å². The number of fused-ring (bicyclic) bond motifs is 4. The van der Waals surface area contributed by atoms with E-state index < -0.39 is 228 Å². The fourth-order valence-corrected chi connectivity index (χ4v) is 18.1. The van der Waals surface area contributed by atoms with Crippen molar-refractivity contribution in [2.24, 2.45) is 39.4 Å². The second kappa shape index (κ2) is 27.2. The number of allylic oxidation sites excluding steroid dienone is 3. The highest BCUT2D eigenvalue weighted by molar-refractivity contribution is 7.81. The van der Waals surface area contributed by atoms with Gasteiger partial charge in [0.2, 0.25) is 20.8 Å². The van der Waals surface area contributed by atoms with Crippen LogP contribution in [-0.4, -0.2) is 275 Å². The van der Waals surface area contributed by atoms with Crippen LogP contribution in [0.3, 0.4) is 0 Å². The number of hydrogen-bond donors (Lipinski definition) is 10. The van der Waals surface area contributed by atoms with E-state index >= 15 is 0 Å². The number of carbonyl (C=O) groups excluding carboxylic acids is 2. The number of methoxy groups -OCH3 is 1. The molecule has 3 saturated carbocycles. The Hall–Kier alpha value is -2.48. The molecule has 9 fully saturated rings. The number of cyclic esters (lactones) is 1. The van der Waals surface area contributed by atoms with Gasteiger partial charge in [0, 0.05) is 18.9 Å². The van der Waals surface area contributed by atoms with Gasteiger partial charge >= 0.3 is 5.97 Å². The molecule has 6 heterocycles. The highest BCUT2D eigenvalue weighted by atomic mass is 32.3. The Morgan fingerprint density at radius 2 is 1.30 bits per heavy atom. The molecule has 10 N–H and O–H groups in total. The second-order valence-electron chi connectivity index (χ2n) is 28.1. The summed E-state index contributed by atoms with van der Waals surface area (Å²) in [5.41, 5.74) is -1.96. The van der Waals surface area contributed by atoms with Gasteiger partial charge in [-0.2, -0.15) is 0 Å². The molecule has 34 heteroatoms. The molecule has 0 aromatic rings. The molecule has 532 valence electrons. The van der Waals surface area contributed by atoms with Crippen molar-refractivity contribution >= 4 is 32.6 Å². The minimum Gasteiger partial charge on any atom is -0.726 e. The molecule has 93 heavy (non-hydrogen) atoms. The number of rotatable bonds is 21. The van der Waals surface area contributed by atoms with Crippen molar-refractivity contribution in [3.63, 3.8) is 0 Å². The van der Waals surface area contributed by atoms with Crippen LogP contribution < -0.4 is 0 Å². The molecule has 0 aromatic heterocycles. The smallest absolute Gasteiger partial charge is 0.314 e. The average Bonchev–Trinajstić information content (AvgIpc) is 1.52. The minimum atomic E-state index is -5.57. The molecule has 0 bridgehead atoms. The van der Waals surface area contributed by atoms with Crippen LogP contribution in [0, 0.1) is 39.4 Å². The van der Waals surface area contributed by atoms with Gasteiger partial charge in [0.25, 0.3) is 0 Å². The number of aliphatic hydroxyl groups is 10. The summed E-state index contributed by atoms with van der Waals surface area (Å²) in [7, 11) is -9.98. The summed E-state index contributed by atoms with van der Waals surface area (Å²) in [5.74, 6) is -1.14. The summed E-state index contributed by atoms with van der Waals surface area (Å²) < 4.78 is 153. The maximum absolute atomic E-state index is 14.5. The minimum absolute atomic E-state index is 0.0140. The summed E-state index contributed by atoms with van der Waals surface area (Å²) in [5, 5.41) is 112. The molecule has 0 unspecified atom stereocenters. The van der Waals surface area contributed by atoms with Gasteiger partial charge in [-0.15, -0.1) is 6.58 Å². The molecule has 0 amide bonds. The van der Waals surface area contributed by atoms with Crippen LogP contribution in [0.5, 0.6) is 0 Å². The third-order valence-electron chi connectivity index (χ3n) is 22.0. The topological polar surface area (TPSA) is 480 Å². The van der Waals surface area contributed by atoms with E-state index in [1.807, 2.05) is 34.6 Å². The molecule has 6 saturated heterocycles. The molecule has 32 nitrogen and oxygen atoms in total. The Morgan fingerprint density at radius 1 is 0.688 bits per heavy atom. The zero-order valence-electron chi connectivity index (χ0n) is 52.8. The molecule has 4 aliphatic carbocycles. The zero-order valence-corrected chi connectivity index (χ0v) is 54.5. The van der Waals surface area contributed by atoms with Gasteiger partial charge < -0.3 is 117 Å². The number of ether oxygens (including phenoxy) is 12. The molecular weight excluding hydrogens is 1280 g/mol. The lowest BCUT2D eigenvalue weighted by atomic mass is 9.41. The molecule has 1 spiro atoms. The van der Waals surface area contributed by atoms with E-state index in [1.54, 1.807) is 0 Å². The van der Waals surface area contributed by atoms with Crippen molar-refractivity contribution in [2.45, 2.75) is 259 Å². The van der Waals surface area contributed by atoms with Gasteiger partial charge in [0.1, 0.15) is 115 Å². The predicted molar refractivity (Wildman–Crippen MR) is 305 cm³/mol.